The topological polar surface area (TPSA) is 63.4 Å². The molecule has 0 fully saturated rings. The minimum atomic E-state index is -0.327. The summed E-state index contributed by atoms with van der Waals surface area (Å²) in [6, 6.07) is 8.58. The number of H-pyrrole nitrogens is 1. The summed E-state index contributed by atoms with van der Waals surface area (Å²) in [6.45, 7) is 6.93. The maximum Gasteiger partial charge on any atom is 0.337 e. The molecule has 27 heavy (non-hydrogen) atoms. The van der Waals surface area contributed by atoms with Crippen LogP contribution in [0.15, 0.2) is 48.8 Å². The summed E-state index contributed by atoms with van der Waals surface area (Å²) in [5, 5.41) is 4.93. The summed E-state index contributed by atoms with van der Waals surface area (Å²) < 4.78 is 10.7. The molecular weight excluding hydrogens is 340 g/mol. The van der Waals surface area contributed by atoms with E-state index in [2.05, 4.69) is 41.1 Å². The van der Waals surface area contributed by atoms with Crippen molar-refractivity contribution in [2.75, 3.05) is 13.7 Å². The number of fused-ring (bicyclic) bond motifs is 3. The Kier molecular flexibility index (Phi) is 4.79. The van der Waals surface area contributed by atoms with Gasteiger partial charge in [-0.3, -0.25) is 0 Å². The Labute approximate surface area is 159 Å². The van der Waals surface area contributed by atoms with Crippen molar-refractivity contribution >= 4 is 16.9 Å². The van der Waals surface area contributed by atoms with Crippen LogP contribution in [-0.2, 0) is 20.7 Å². The van der Waals surface area contributed by atoms with E-state index < -0.39 is 0 Å². The van der Waals surface area contributed by atoms with Gasteiger partial charge in [-0.25, -0.2) is 4.79 Å². The first-order chi connectivity index (χ1) is 13.1. The number of hydrogen-bond donors (Lipinski definition) is 2. The first kappa shape index (κ1) is 17.9. The van der Waals surface area contributed by atoms with Crippen LogP contribution in [0.1, 0.15) is 30.6 Å². The van der Waals surface area contributed by atoms with Crippen molar-refractivity contribution in [3.63, 3.8) is 0 Å². The second kappa shape index (κ2) is 7.24. The third kappa shape index (κ3) is 3.06. The highest BCUT2D eigenvalue weighted by Crippen LogP contribution is 2.40. The highest BCUT2D eigenvalue weighted by atomic mass is 16.5. The number of esters is 1. The molecule has 5 nitrogen and oxygen atoms in total. The number of ether oxygens (including phenoxy) is 2. The molecule has 2 aliphatic rings. The lowest BCUT2D eigenvalue weighted by atomic mass is 9.76. The molecule has 0 saturated carbocycles. The molecule has 0 amide bonds. The molecule has 1 aromatic carbocycles. The van der Waals surface area contributed by atoms with Gasteiger partial charge in [-0.05, 0) is 37.9 Å². The molecule has 2 aromatic rings. The minimum absolute atomic E-state index is 0.00596. The summed E-state index contributed by atoms with van der Waals surface area (Å²) >= 11 is 0. The molecular formula is C22H26N2O3. The zero-order valence-electron chi connectivity index (χ0n) is 15.8. The number of hydrogen-bond acceptors (Lipinski definition) is 4. The van der Waals surface area contributed by atoms with Crippen LogP contribution in [0.3, 0.4) is 0 Å². The van der Waals surface area contributed by atoms with Crippen molar-refractivity contribution in [3.8, 4) is 0 Å². The average molecular weight is 366 g/mol. The second-order valence-electron chi connectivity index (χ2n) is 7.38. The molecule has 0 spiro atoms. The van der Waals surface area contributed by atoms with Crippen LogP contribution in [0.5, 0.6) is 0 Å². The molecule has 0 bridgehead atoms. The van der Waals surface area contributed by atoms with E-state index in [0.717, 1.165) is 19.4 Å². The van der Waals surface area contributed by atoms with Crippen LogP contribution in [0.4, 0.5) is 0 Å². The standard InChI is InChI=1S/C22H26N2O3/c1-4-14-13(2)27-12-18(22(25)26-3)17(14)11-20-21-16(9-10-23-20)15-7-5-6-8-19(15)24-21/h4-8,12-14,17,20,23-24H,1,9-11H2,2-3H3/t13-,14-,17-,20-/m0/s1. The molecule has 3 heterocycles. The summed E-state index contributed by atoms with van der Waals surface area (Å²) in [5.74, 6) is -0.277. The van der Waals surface area contributed by atoms with Gasteiger partial charge in [0.2, 0.25) is 0 Å². The lowest BCUT2D eigenvalue weighted by Crippen LogP contribution is -2.38. The van der Waals surface area contributed by atoms with Gasteiger partial charge in [0, 0.05) is 34.5 Å². The van der Waals surface area contributed by atoms with E-state index in [9.17, 15) is 4.79 Å². The molecule has 0 unspecified atom stereocenters. The molecule has 0 saturated heterocycles. The van der Waals surface area contributed by atoms with Gasteiger partial charge in [-0.1, -0.05) is 24.3 Å². The van der Waals surface area contributed by atoms with Crippen molar-refractivity contribution in [1.29, 1.82) is 0 Å². The van der Waals surface area contributed by atoms with Crippen LogP contribution >= 0.6 is 0 Å². The number of carbonyl (C=O) groups is 1. The number of nitrogens with one attached hydrogen (secondary N) is 2. The molecule has 1 aromatic heterocycles. The fourth-order valence-electron chi connectivity index (χ4n) is 4.57. The number of aromatic amines is 1. The van der Waals surface area contributed by atoms with E-state index in [1.807, 2.05) is 13.0 Å². The van der Waals surface area contributed by atoms with Crippen molar-refractivity contribution in [2.45, 2.75) is 31.9 Å². The van der Waals surface area contributed by atoms with Gasteiger partial charge in [0.05, 0.1) is 18.9 Å². The SMILES string of the molecule is C=C[C@H]1[C@H](C)OC=C(C(=O)OC)[C@H]1C[C@@H]1NCCc2c1[nH]c1ccccc21. The quantitative estimate of drug-likeness (QED) is 0.641. The van der Waals surface area contributed by atoms with Gasteiger partial charge in [-0.15, -0.1) is 6.58 Å². The number of rotatable bonds is 4. The first-order valence-electron chi connectivity index (χ1n) is 9.53. The molecule has 5 heteroatoms. The van der Waals surface area contributed by atoms with E-state index in [4.69, 9.17) is 9.47 Å². The average Bonchev–Trinajstić information content (AvgIpc) is 3.07. The number of carbonyl (C=O) groups excluding carboxylic acids is 1. The number of methoxy groups -OCH3 is 1. The zero-order valence-corrected chi connectivity index (χ0v) is 15.8. The third-order valence-electron chi connectivity index (χ3n) is 5.96. The molecule has 2 aliphatic heterocycles. The molecule has 0 aliphatic carbocycles. The van der Waals surface area contributed by atoms with Gasteiger partial charge >= 0.3 is 5.97 Å². The van der Waals surface area contributed by atoms with Crippen LogP contribution in [0, 0.1) is 11.8 Å². The number of aromatic nitrogens is 1. The summed E-state index contributed by atoms with van der Waals surface area (Å²) in [6.07, 6.45) is 5.25. The normalized spacial score (nSPS) is 27.4. The van der Waals surface area contributed by atoms with Crippen molar-refractivity contribution < 1.29 is 14.3 Å². The Hall–Kier alpha value is -2.53. The highest BCUT2D eigenvalue weighted by molar-refractivity contribution is 5.89. The smallest absolute Gasteiger partial charge is 0.337 e. The summed E-state index contributed by atoms with van der Waals surface area (Å²) in [5.41, 5.74) is 4.37. The van der Waals surface area contributed by atoms with Crippen LogP contribution in [-0.4, -0.2) is 30.7 Å². The fraction of sp³-hybridized carbons (Fsp3) is 0.409. The van der Waals surface area contributed by atoms with E-state index in [1.165, 1.54) is 29.3 Å². The Balaban J connectivity index is 1.70. The van der Waals surface area contributed by atoms with E-state index in [1.54, 1.807) is 6.26 Å². The predicted octanol–water partition coefficient (Wildman–Crippen LogP) is 3.64. The molecule has 4 rings (SSSR count). The first-order valence-corrected chi connectivity index (χ1v) is 9.53. The highest BCUT2D eigenvalue weighted by Gasteiger charge is 2.38. The predicted molar refractivity (Wildman–Crippen MR) is 105 cm³/mol. The van der Waals surface area contributed by atoms with Crippen LogP contribution in [0.2, 0.25) is 0 Å². The monoisotopic (exact) mass is 366 g/mol. The van der Waals surface area contributed by atoms with E-state index in [0.29, 0.717) is 5.57 Å². The van der Waals surface area contributed by atoms with Crippen molar-refractivity contribution in [1.82, 2.24) is 10.3 Å². The molecule has 0 radical (unpaired) electrons. The Morgan fingerprint density at radius 2 is 2.22 bits per heavy atom. The van der Waals surface area contributed by atoms with Gasteiger partial charge < -0.3 is 19.8 Å². The summed E-state index contributed by atoms with van der Waals surface area (Å²) in [7, 11) is 1.41. The zero-order chi connectivity index (χ0) is 19.0. The van der Waals surface area contributed by atoms with Gasteiger partial charge in [-0.2, -0.15) is 0 Å². The van der Waals surface area contributed by atoms with Gasteiger partial charge in [0.1, 0.15) is 6.10 Å². The van der Waals surface area contributed by atoms with Crippen molar-refractivity contribution in [3.05, 3.63) is 60.0 Å². The lowest BCUT2D eigenvalue weighted by molar-refractivity contribution is -0.138. The van der Waals surface area contributed by atoms with E-state index >= 15 is 0 Å². The molecule has 142 valence electrons. The van der Waals surface area contributed by atoms with Gasteiger partial charge in [0.25, 0.3) is 0 Å². The maximum absolute atomic E-state index is 12.3. The van der Waals surface area contributed by atoms with Crippen molar-refractivity contribution in [2.24, 2.45) is 11.8 Å². The number of para-hydroxylation sites is 1. The largest absolute Gasteiger partial charge is 0.497 e. The Bertz CT molecular complexity index is 898. The Morgan fingerprint density at radius 3 is 3.00 bits per heavy atom. The van der Waals surface area contributed by atoms with Crippen LogP contribution < -0.4 is 5.32 Å². The minimum Gasteiger partial charge on any atom is -0.497 e. The number of benzene rings is 1. The maximum atomic E-state index is 12.3. The molecule has 4 atom stereocenters. The lowest BCUT2D eigenvalue weighted by Gasteiger charge is -2.37. The second-order valence-corrected chi connectivity index (χ2v) is 7.38. The van der Waals surface area contributed by atoms with Gasteiger partial charge in [0.15, 0.2) is 0 Å². The summed E-state index contributed by atoms with van der Waals surface area (Å²) in [4.78, 5) is 15.9. The Morgan fingerprint density at radius 1 is 1.41 bits per heavy atom. The molecule has 2 N–H and O–H groups in total. The van der Waals surface area contributed by atoms with E-state index in [-0.39, 0.29) is 30.0 Å². The fourth-order valence-corrected chi connectivity index (χ4v) is 4.57. The van der Waals surface area contributed by atoms with Crippen LogP contribution in [0.25, 0.3) is 10.9 Å². The third-order valence-corrected chi connectivity index (χ3v) is 5.96.